The van der Waals surface area contributed by atoms with Gasteiger partial charge in [0.1, 0.15) is 0 Å². The monoisotopic (exact) mass is 242 g/mol. The molecule has 1 saturated heterocycles. The van der Waals surface area contributed by atoms with Crippen LogP contribution in [0, 0.1) is 11.8 Å². The minimum absolute atomic E-state index is 0.132. The van der Waals surface area contributed by atoms with Gasteiger partial charge < -0.3 is 15.3 Å². The van der Waals surface area contributed by atoms with Crippen LogP contribution in [-0.4, -0.2) is 41.6 Å². The summed E-state index contributed by atoms with van der Waals surface area (Å²) in [6.45, 7) is 5.73. The molecule has 0 saturated carbocycles. The number of carboxylic acid groups (broad SMARTS) is 1. The third-order valence-electron chi connectivity index (χ3n) is 3.00. The number of carbonyl (C=O) groups is 2. The van der Waals surface area contributed by atoms with Crippen molar-refractivity contribution < 1.29 is 14.7 Å². The van der Waals surface area contributed by atoms with Crippen molar-refractivity contribution in [3.8, 4) is 0 Å². The van der Waals surface area contributed by atoms with E-state index in [1.807, 2.05) is 0 Å². The zero-order chi connectivity index (χ0) is 12.8. The molecule has 2 N–H and O–H groups in total. The Labute approximate surface area is 102 Å². The van der Waals surface area contributed by atoms with E-state index >= 15 is 0 Å². The molecule has 0 aromatic carbocycles. The van der Waals surface area contributed by atoms with E-state index in [0.717, 1.165) is 12.8 Å². The van der Waals surface area contributed by atoms with Gasteiger partial charge in [0.05, 0.1) is 5.92 Å². The van der Waals surface area contributed by atoms with Gasteiger partial charge in [-0.1, -0.05) is 26.7 Å². The number of unbranched alkanes of at least 4 members (excludes halogenated alkanes) is 1. The van der Waals surface area contributed by atoms with Crippen LogP contribution in [0.5, 0.6) is 0 Å². The highest BCUT2D eigenvalue weighted by Gasteiger charge is 2.35. The molecule has 98 valence electrons. The molecule has 1 fully saturated rings. The predicted octanol–water partition coefficient (Wildman–Crippen LogP) is 1.54. The smallest absolute Gasteiger partial charge is 0.317 e. The summed E-state index contributed by atoms with van der Waals surface area (Å²) in [6.07, 6.45) is 3.29. The minimum atomic E-state index is -0.814. The Morgan fingerprint density at radius 2 is 2.00 bits per heavy atom. The molecule has 0 aliphatic carbocycles. The van der Waals surface area contributed by atoms with E-state index in [1.54, 1.807) is 4.90 Å². The SMILES string of the molecule is CC(C)CCCCNC(=O)N1CC(C(=O)O)C1. The number of aliphatic carboxylic acids is 1. The van der Waals surface area contributed by atoms with E-state index < -0.39 is 5.97 Å². The topological polar surface area (TPSA) is 69.6 Å². The minimum Gasteiger partial charge on any atom is -0.481 e. The van der Waals surface area contributed by atoms with E-state index in [0.29, 0.717) is 25.6 Å². The van der Waals surface area contributed by atoms with Gasteiger partial charge in [0.2, 0.25) is 0 Å². The Bertz CT molecular complexity index is 273. The molecule has 5 nitrogen and oxygen atoms in total. The van der Waals surface area contributed by atoms with Gasteiger partial charge in [-0.25, -0.2) is 4.79 Å². The summed E-state index contributed by atoms with van der Waals surface area (Å²) in [7, 11) is 0. The van der Waals surface area contributed by atoms with E-state index in [9.17, 15) is 9.59 Å². The molecule has 1 aliphatic rings. The van der Waals surface area contributed by atoms with Crippen molar-refractivity contribution in [2.45, 2.75) is 33.1 Å². The first-order chi connectivity index (χ1) is 8.00. The fourth-order valence-electron chi connectivity index (χ4n) is 1.79. The third-order valence-corrected chi connectivity index (χ3v) is 3.00. The number of nitrogens with zero attached hydrogens (tertiary/aromatic N) is 1. The summed E-state index contributed by atoms with van der Waals surface area (Å²) in [5.74, 6) is -0.481. The van der Waals surface area contributed by atoms with Gasteiger partial charge in [0, 0.05) is 19.6 Å². The molecule has 0 aromatic rings. The maximum atomic E-state index is 11.5. The number of rotatable bonds is 6. The Balaban J connectivity index is 2.01. The Morgan fingerprint density at radius 3 is 2.53 bits per heavy atom. The molecule has 0 aromatic heterocycles. The summed E-state index contributed by atoms with van der Waals surface area (Å²) >= 11 is 0. The Hall–Kier alpha value is -1.26. The predicted molar refractivity (Wildman–Crippen MR) is 64.8 cm³/mol. The van der Waals surface area contributed by atoms with E-state index in [1.165, 1.54) is 6.42 Å². The van der Waals surface area contributed by atoms with Crippen molar-refractivity contribution in [3.05, 3.63) is 0 Å². The standard InChI is InChI=1S/C12H22N2O3/c1-9(2)5-3-4-6-13-12(17)14-7-10(8-14)11(15)16/h9-10H,3-8H2,1-2H3,(H,13,17)(H,15,16). The molecule has 1 aliphatic heterocycles. The molecular weight excluding hydrogens is 220 g/mol. The second-order valence-corrected chi connectivity index (χ2v) is 5.06. The van der Waals surface area contributed by atoms with Gasteiger partial charge in [-0.05, 0) is 12.3 Å². The van der Waals surface area contributed by atoms with Gasteiger partial charge >= 0.3 is 12.0 Å². The number of nitrogens with one attached hydrogen (secondary N) is 1. The lowest BCUT2D eigenvalue weighted by molar-refractivity contribution is -0.146. The van der Waals surface area contributed by atoms with Gasteiger partial charge in [0.15, 0.2) is 0 Å². The molecule has 17 heavy (non-hydrogen) atoms. The van der Waals surface area contributed by atoms with Crippen molar-refractivity contribution in [3.63, 3.8) is 0 Å². The number of hydrogen-bond donors (Lipinski definition) is 2. The van der Waals surface area contributed by atoms with Gasteiger partial charge in [-0.15, -0.1) is 0 Å². The molecule has 0 radical (unpaired) electrons. The quantitative estimate of drug-likeness (QED) is 0.694. The van der Waals surface area contributed by atoms with Crippen LogP contribution in [-0.2, 0) is 4.79 Å². The molecule has 5 heteroatoms. The fraction of sp³-hybridized carbons (Fsp3) is 0.833. The van der Waals surface area contributed by atoms with Crippen molar-refractivity contribution in [2.75, 3.05) is 19.6 Å². The molecule has 0 spiro atoms. The van der Waals surface area contributed by atoms with Crippen LogP contribution in [0.15, 0.2) is 0 Å². The van der Waals surface area contributed by atoms with Crippen LogP contribution in [0.3, 0.4) is 0 Å². The molecule has 1 heterocycles. The summed E-state index contributed by atoms with van der Waals surface area (Å²) in [4.78, 5) is 23.6. The van der Waals surface area contributed by atoms with Crippen LogP contribution in [0.2, 0.25) is 0 Å². The summed E-state index contributed by atoms with van der Waals surface area (Å²) in [5.41, 5.74) is 0. The number of hydrogen-bond acceptors (Lipinski definition) is 2. The van der Waals surface area contributed by atoms with Crippen molar-refractivity contribution in [1.82, 2.24) is 10.2 Å². The van der Waals surface area contributed by atoms with Gasteiger partial charge in [-0.3, -0.25) is 4.79 Å². The lowest BCUT2D eigenvalue weighted by Gasteiger charge is -2.36. The Morgan fingerprint density at radius 1 is 1.35 bits per heavy atom. The summed E-state index contributed by atoms with van der Waals surface area (Å²) < 4.78 is 0. The molecule has 2 amide bonds. The highest BCUT2D eigenvalue weighted by molar-refractivity contribution is 5.79. The first-order valence-corrected chi connectivity index (χ1v) is 6.26. The third kappa shape index (κ3) is 4.63. The van der Waals surface area contributed by atoms with E-state index in [-0.39, 0.29) is 11.9 Å². The zero-order valence-corrected chi connectivity index (χ0v) is 10.6. The van der Waals surface area contributed by atoms with Gasteiger partial charge in [0.25, 0.3) is 0 Å². The van der Waals surface area contributed by atoms with Crippen LogP contribution < -0.4 is 5.32 Å². The number of carboxylic acids is 1. The van der Waals surface area contributed by atoms with E-state index in [2.05, 4.69) is 19.2 Å². The van der Waals surface area contributed by atoms with Crippen LogP contribution in [0.4, 0.5) is 4.79 Å². The molecule has 0 atom stereocenters. The average Bonchev–Trinajstić information content (AvgIpc) is 2.13. The van der Waals surface area contributed by atoms with Crippen molar-refractivity contribution >= 4 is 12.0 Å². The molecule has 1 rings (SSSR count). The van der Waals surface area contributed by atoms with Gasteiger partial charge in [-0.2, -0.15) is 0 Å². The maximum absolute atomic E-state index is 11.5. The normalized spacial score (nSPS) is 15.8. The van der Waals surface area contributed by atoms with Crippen LogP contribution in [0.25, 0.3) is 0 Å². The first kappa shape index (κ1) is 13.8. The number of urea groups is 1. The zero-order valence-electron chi connectivity index (χ0n) is 10.6. The Kier molecular flexibility index (Phi) is 5.25. The second-order valence-electron chi connectivity index (χ2n) is 5.06. The molecule has 0 bridgehead atoms. The van der Waals surface area contributed by atoms with Crippen molar-refractivity contribution in [2.24, 2.45) is 11.8 Å². The molecular formula is C12H22N2O3. The average molecular weight is 242 g/mol. The van der Waals surface area contributed by atoms with Crippen LogP contribution in [0.1, 0.15) is 33.1 Å². The summed E-state index contributed by atoms with van der Waals surface area (Å²) in [6, 6.07) is -0.132. The largest absolute Gasteiger partial charge is 0.481 e. The number of amides is 2. The number of likely N-dealkylation sites (tertiary alicyclic amines) is 1. The molecule has 0 unspecified atom stereocenters. The lowest BCUT2D eigenvalue weighted by Crippen LogP contribution is -2.56. The maximum Gasteiger partial charge on any atom is 0.317 e. The first-order valence-electron chi connectivity index (χ1n) is 6.26. The summed E-state index contributed by atoms with van der Waals surface area (Å²) in [5, 5.41) is 11.5. The highest BCUT2D eigenvalue weighted by Crippen LogP contribution is 2.15. The lowest BCUT2D eigenvalue weighted by atomic mass is 10.0. The van der Waals surface area contributed by atoms with E-state index in [4.69, 9.17) is 5.11 Å². The van der Waals surface area contributed by atoms with Crippen LogP contribution >= 0.6 is 0 Å². The fourth-order valence-corrected chi connectivity index (χ4v) is 1.79. The number of carbonyl (C=O) groups excluding carboxylic acids is 1. The van der Waals surface area contributed by atoms with Crippen molar-refractivity contribution in [1.29, 1.82) is 0 Å². The second kappa shape index (κ2) is 6.47. The highest BCUT2D eigenvalue weighted by atomic mass is 16.4.